The number of hydrogen-bond donors (Lipinski definition) is 0. The zero-order chi connectivity index (χ0) is 18.8. The normalized spacial score (nSPS) is 11.7. The number of aryl methyl sites for hydroxylation is 2. The third-order valence-corrected chi connectivity index (χ3v) is 5.99. The molecule has 0 saturated heterocycles. The van der Waals surface area contributed by atoms with E-state index in [4.69, 9.17) is 0 Å². The first-order chi connectivity index (χ1) is 12.4. The van der Waals surface area contributed by atoms with Crippen LogP contribution in [0.1, 0.15) is 47.8 Å². The highest BCUT2D eigenvalue weighted by Gasteiger charge is 2.10. The number of halogens is 1. The predicted octanol–water partition coefficient (Wildman–Crippen LogP) is 6.88. The molecular formula is C23H25IN2. The molecule has 0 N–H and O–H groups in total. The standard InChI is InChI=1S/C23H25IN2/c1-15(2)19-6-8-21(9-7-19)25-14-20-13-17(4)26(18(20)5)22-10-11-23(24)16(3)12-22/h6-15H,1-5H3. The maximum atomic E-state index is 4.68. The van der Waals surface area contributed by atoms with Crippen LogP contribution in [0.2, 0.25) is 0 Å². The Bertz CT molecular complexity index is 947. The third kappa shape index (κ3) is 3.93. The van der Waals surface area contributed by atoms with Crippen LogP contribution in [-0.2, 0) is 0 Å². The molecule has 0 aliphatic heterocycles. The van der Waals surface area contributed by atoms with Crippen molar-refractivity contribution in [3.05, 3.63) is 80.2 Å². The van der Waals surface area contributed by atoms with Crippen molar-refractivity contribution in [1.29, 1.82) is 0 Å². The molecule has 3 heteroatoms. The van der Waals surface area contributed by atoms with Crippen molar-refractivity contribution >= 4 is 34.5 Å². The Morgan fingerprint density at radius 1 is 0.962 bits per heavy atom. The van der Waals surface area contributed by atoms with E-state index in [1.54, 1.807) is 0 Å². The van der Waals surface area contributed by atoms with Gasteiger partial charge in [0.2, 0.25) is 0 Å². The first kappa shape index (κ1) is 18.9. The van der Waals surface area contributed by atoms with E-state index in [1.807, 2.05) is 6.21 Å². The summed E-state index contributed by atoms with van der Waals surface area (Å²) in [6.45, 7) is 10.9. The summed E-state index contributed by atoms with van der Waals surface area (Å²) in [5.41, 5.74) is 8.44. The molecule has 0 bridgehead atoms. The van der Waals surface area contributed by atoms with Crippen molar-refractivity contribution in [1.82, 2.24) is 4.57 Å². The molecule has 0 unspecified atom stereocenters. The molecule has 0 aliphatic rings. The minimum absolute atomic E-state index is 0.546. The van der Waals surface area contributed by atoms with E-state index in [9.17, 15) is 0 Å². The number of hydrogen-bond acceptors (Lipinski definition) is 1. The molecule has 2 nitrogen and oxygen atoms in total. The number of aliphatic imine (C=N–C) groups is 1. The average molecular weight is 456 g/mol. The first-order valence-electron chi connectivity index (χ1n) is 8.96. The fraction of sp³-hybridized carbons (Fsp3) is 0.261. The van der Waals surface area contributed by atoms with E-state index >= 15 is 0 Å². The van der Waals surface area contributed by atoms with E-state index in [2.05, 4.69) is 115 Å². The highest BCUT2D eigenvalue weighted by molar-refractivity contribution is 14.1. The van der Waals surface area contributed by atoms with Crippen LogP contribution in [0.15, 0.2) is 53.5 Å². The van der Waals surface area contributed by atoms with Gasteiger partial charge in [-0.05, 0) is 96.8 Å². The van der Waals surface area contributed by atoms with E-state index < -0.39 is 0 Å². The van der Waals surface area contributed by atoms with Crippen LogP contribution in [0.5, 0.6) is 0 Å². The minimum atomic E-state index is 0.546. The van der Waals surface area contributed by atoms with E-state index in [1.165, 1.54) is 31.8 Å². The molecule has 134 valence electrons. The van der Waals surface area contributed by atoms with Crippen molar-refractivity contribution in [3.8, 4) is 5.69 Å². The smallest absolute Gasteiger partial charge is 0.0630 e. The zero-order valence-electron chi connectivity index (χ0n) is 16.0. The van der Waals surface area contributed by atoms with Crippen LogP contribution in [-0.4, -0.2) is 10.8 Å². The van der Waals surface area contributed by atoms with Gasteiger partial charge in [-0.25, -0.2) is 0 Å². The molecule has 0 spiro atoms. The van der Waals surface area contributed by atoms with Gasteiger partial charge in [-0.15, -0.1) is 0 Å². The summed E-state index contributed by atoms with van der Waals surface area (Å²) in [5, 5.41) is 0. The SMILES string of the molecule is Cc1cc(-n2c(C)cc(C=Nc3ccc(C(C)C)cc3)c2C)ccc1I. The summed E-state index contributed by atoms with van der Waals surface area (Å²) in [6.07, 6.45) is 1.97. The van der Waals surface area contributed by atoms with Gasteiger partial charge >= 0.3 is 0 Å². The molecule has 0 radical (unpaired) electrons. The molecule has 0 fully saturated rings. The van der Waals surface area contributed by atoms with E-state index in [0.717, 1.165) is 11.3 Å². The summed E-state index contributed by atoms with van der Waals surface area (Å²) in [4.78, 5) is 4.68. The molecule has 0 amide bonds. The maximum Gasteiger partial charge on any atom is 0.0630 e. The molecule has 1 heterocycles. The molecular weight excluding hydrogens is 431 g/mol. The molecule has 0 aliphatic carbocycles. The molecule has 0 saturated carbocycles. The lowest BCUT2D eigenvalue weighted by Gasteiger charge is -2.11. The van der Waals surface area contributed by atoms with Crippen molar-refractivity contribution in [2.45, 2.75) is 40.5 Å². The Morgan fingerprint density at radius 3 is 2.27 bits per heavy atom. The molecule has 0 atom stereocenters. The number of rotatable bonds is 4. The Kier molecular flexibility index (Phi) is 5.66. The van der Waals surface area contributed by atoms with Gasteiger partial charge in [0, 0.05) is 32.4 Å². The second kappa shape index (κ2) is 7.78. The van der Waals surface area contributed by atoms with Gasteiger partial charge in [0.1, 0.15) is 0 Å². The van der Waals surface area contributed by atoms with Gasteiger partial charge in [-0.2, -0.15) is 0 Å². The quantitative estimate of drug-likeness (QED) is 0.301. The summed E-state index contributed by atoms with van der Waals surface area (Å²) >= 11 is 2.38. The average Bonchev–Trinajstić information content (AvgIpc) is 2.90. The fourth-order valence-electron chi connectivity index (χ4n) is 3.17. The van der Waals surface area contributed by atoms with Gasteiger partial charge in [-0.3, -0.25) is 4.99 Å². The number of aromatic nitrogens is 1. The lowest BCUT2D eigenvalue weighted by atomic mass is 10.0. The van der Waals surface area contributed by atoms with Crippen LogP contribution in [0, 0.1) is 24.3 Å². The number of nitrogens with zero attached hydrogens (tertiary/aromatic N) is 2. The lowest BCUT2D eigenvalue weighted by molar-refractivity contribution is 0.867. The minimum Gasteiger partial charge on any atom is -0.318 e. The Labute approximate surface area is 170 Å². The summed E-state index contributed by atoms with van der Waals surface area (Å²) in [7, 11) is 0. The first-order valence-corrected chi connectivity index (χ1v) is 10.0. The van der Waals surface area contributed by atoms with Crippen LogP contribution in [0.25, 0.3) is 5.69 Å². The number of benzene rings is 2. The van der Waals surface area contributed by atoms with Gasteiger partial charge in [-0.1, -0.05) is 26.0 Å². The van der Waals surface area contributed by atoms with Crippen LogP contribution in [0.4, 0.5) is 5.69 Å². The summed E-state index contributed by atoms with van der Waals surface area (Å²) < 4.78 is 3.59. The molecule has 3 aromatic rings. The Morgan fingerprint density at radius 2 is 1.65 bits per heavy atom. The van der Waals surface area contributed by atoms with Crippen molar-refractivity contribution < 1.29 is 0 Å². The van der Waals surface area contributed by atoms with E-state index in [-0.39, 0.29) is 0 Å². The van der Waals surface area contributed by atoms with Crippen LogP contribution < -0.4 is 0 Å². The van der Waals surface area contributed by atoms with Crippen molar-refractivity contribution in [3.63, 3.8) is 0 Å². The highest BCUT2D eigenvalue weighted by Crippen LogP contribution is 2.24. The third-order valence-electron chi connectivity index (χ3n) is 4.78. The highest BCUT2D eigenvalue weighted by atomic mass is 127. The zero-order valence-corrected chi connectivity index (χ0v) is 18.2. The molecule has 1 aromatic heterocycles. The Balaban J connectivity index is 1.91. The van der Waals surface area contributed by atoms with Crippen LogP contribution >= 0.6 is 22.6 Å². The predicted molar refractivity (Wildman–Crippen MR) is 120 cm³/mol. The van der Waals surface area contributed by atoms with Crippen molar-refractivity contribution in [2.24, 2.45) is 4.99 Å². The molecule has 26 heavy (non-hydrogen) atoms. The summed E-state index contributed by atoms with van der Waals surface area (Å²) in [5.74, 6) is 0.546. The lowest BCUT2D eigenvalue weighted by Crippen LogP contribution is -2.00. The molecule has 2 aromatic carbocycles. The van der Waals surface area contributed by atoms with Crippen LogP contribution in [0.3, 0.4) is 0 Å². The monoisotopic (exact) mass is 456 g/mol. The maximum absolute atomic E-state index is 4.68. The van der Waals surface area contributed by atoms with Crippen molar-refractivity contribution in [2.75, 3.05) is 0 Å². The summed E-state index contributed by atoms with van der Waals surface area (Å²) in [6, 6.07) is 17.3. The topological polar surface area (TPSA) is 17.3 Å². The van der Waals surface area contributed by atoms with Gasteiger partial charge in [0.25, 0.3) is 0 Å². The van der Waals surface area contributed by atoms with Gasteiger partial charge in [0.05, 0.1) is 5.69 Å². The fourth-order valence-corrected chi connectivity index (χ4v) is 3.51. The van der Waals surface area contributed by atoms with Gasteiger partial charge in [0.15, 0.2) is 0 Å². The Hall–Kier alpha value is -1.88. The second-order valence-corrected chi connectivity index (χ2v) is 8.26. The largest absolute Gasteiger partial charge is 0.318 e. The second-order valence-electron chi connectivity index (χ2n) is 7.10. The van der Waals surface area contributed by atoms with Gasteiger partial charge < -0.3 is 4.57 Å². The van der Waals surface area contributed by atoms with E-state index in [0.29, 0.717) is 5.92 Å². The molecule has 3 rings (SSSR count).